The van der Waals surface area contributed by atoms with Crippen molar-refractivity contribution >= 4 is 33.0 Å². The lowest BCUT2D eigenvalue weighted by Gasteiger charge is -2.15. The van der Waals surface area contributed by atoms with Gasteiger partial charge in [-0.25, -0.2) is 12.8 Å². The largest absolute Gasteiger partial charge is 0.573 e. The summed E-state index contributed by atoms with van der Waals surface area (Å²) in [4.78, 5) is 12.5. The summed E-state index contributed by atoms with van der Waals surface area (Å²) in [5.41, 5.74) is -0.000758. The molecule has 34 heavy (non-hydrogen) atoms. The molecule has 3 aromatic rings. The third-order valence-corrected chi connectivity index (χ3v) is 6.78. The van der Waals surface area contributed by atoms with E-state index in [2.05, 4.69) is 10.1 Å². The molecule has 3 aromatic carbocycles. The smallest absolute Gasteiger partial charge is 0.405 e. The van der Waals surface area contributed by atoms with Gasteiger partial charge in [-0.1, -0.05) is 48.9 Å². The molecule has 0 saturated carbocycles. The van der Waals surface area contributed by atoms with Gasteiger partial charge in [-0.2, -0.15) is 0 Å². The number of sulfone groups is 1. The third-order valence-electron chi connectivity index (χ3n) is 4.74. The molecule has 11 heteroatoms. The maximum Gasteiger partial charge on any atom is 0.573 e. The molecule has 0 spiro atoms. The highest BCUT2D eigenvalue weighted by Crippen LogP contribution is 2.40. The van der Waals surface area contributed by atoms with E-state index in [0.717, 1.165) is 12.1 Å². The fourth-order valence-corrected chi connectivity index (χ4v) is 4.36. The van der Waals surface area contributed by atoms with Crippen LogP contribution in [0.1, 0.15) is 12.5 Å². The molecule has 180 valence electrons. The molecule has 0 aliphatic rings. The first-order chi connectivity index (χ1) is 15.9. The Morgan fingerprint density at radius 1 is 1.06 bits per heavy atom. The fraction of sp³-hybridized carbons (Fsp3) is 0.174. The van der Waals surface area contributed by atoms with Gasteiger partial charge in [0.25, 0.3) is 0 Å². The van der Waals surface area contributed by atoms with Crippen LogP contribution in [0, 0.1) is 5.82 Å². The number of carbonyl (C=O) groups excluding carboxylic acids is 1. The highest BCUT2D eigenvalue weighted by Gasteiger charge is 2.32. The van der Waals surface area contributed by atoms with E-state index >= 15 is 0 Å². The number of anilines is 1. The summed E-state index contributed by atoms with van der Waals surface area (Å²) in [5, 5.41) is 2.23. The molecule has 0 radical (unpaired) electrons. The normalized spacial score (nSPS) is 11.8. The molecular weight excluding hydrogens is 498 g/mol. The summed E-state index contributed by atoms with van der Waals surface area (Å²) in [6.45, 7) is 1.52. The molecule has 0 heterocycles. The second-order valence-electron chi connectivity index (χ2n) is 7.13. The van der Waals surface area contributed by atoms with E-state index in [1.165, 1.54) is 55.5 Å². The minimum atomic E-state index is -4.98. The summed E-state index contributed by atoms with van der Waals surface area (Å²) >= 11 is 6.14. The second kappa shape index (κ2) is 10.0. The number of halogens is 5. The van der Waals surface area contributed by atoms with Crippen LogP contribution in [0.4, 0.5) is 23.2 Å². The van der Waals surface area contributed by atoms with E-state index in [0.29, 0.717) is 5.56 Å². The van der Waals surface area contributed by atoms with Crippen LogP contribution in [0.3, 0.4) is 0 Å². The van der Waals surface area contributed by atoms with Crippen molar-refractivity contribution < 1.29 is 35.5 Å². The van der Waals surface area contributed by atoms with Crippen LogP contribution in [-0.4, -0.2) is 26.4 Å². The van der Waals surface area contributed by atoms with Gasteiger partial charge in [0.1, 0.15) is 11.6 Å². The zero-order valence-corrected chi connectivity index (χ0v) is 19.2. The van der Waals surface area contributed by atoms with Gasteiger partial charge in [0.05, 0.1) is 22.1 Å². The Labute approximate surface area is 198 Å². The van der Waals surface area contributed by atoms with E-state index in [1.54, 1.807) is 0 Å². The Morgan fingerprint density at radius 3 is 2.29 bits per heavy atom. The molecule has 5 nitrogen and oxygen atoms in total. The number of amides is 1. The minimum Gasteiger partial charge on any atom is -0.405 e. The van der Waals surface area contributed by atoms with Gasteiger partial charge in [-0.05, 0) is 35.9 Å². The Balaban J connectivity index is 1.79. The van der Waals surface area contributed by atoms with Crippen molar-refractivity contribution in [3.63, 3.8) is 0 Å². The molecule has 0 atom stereocenters. The number of hydrogen-bond donors (Lipinski definition) is 1. The Bertz CT molecular complexity index is 1290. The van der Waals surface area contributed by atoms with Crippen LogP contribution >= 0.6 is 11.6 Å². The Morgan fingerprint density at radius 2 is 1.71 bits per heavy atom. The summed E-state index contributed by atoms with van der Waals surface area (Å²) < 4.78 is 80.6. The molecule has 0 aliphatic heterocycles. The number of carbonyl (C=O) groups is 1. The lowest BCUT2D eigenvalue weighted by Crippen LogP contribution is -2.17. The number of benzene rings is 3. The zero-order valence-electron chi connectivity index (χ0n) is 17.6. The van der Waals surface area contributed by atoms with Crippen LogP contribution in [0.25, 0.3) is 11.1 Å². The predicted molar refractivity (Wildman–Crippen MR) is 120 cm³/mol. The first-order valence-electron chi connectivity index (χ1n) is 9.85. The van der Waals surface area contributed by atoms with Gasteiger partial charge < -0.3 is 10.1 Å². The van der Waals surface area contributed by atoms with Crippen LogP contribution in [0.5, 0.6) is 5.75 Å². The lowest BCUT2D eigenvalue weighted by atomic mass is 10.0. The van der Waals surface area contributed by atoms with Crippen molar-refractivity contribution in [1.82, 2.24) is 0 Å². The minimum absolute atomic E-state index is 0.00403. The number of ether oxygens (including phenoxy) is 1. The van der Waals surface area contributed by atoms with Crippen molar-refractivity contribution in [2.75, 3.05) is 11.1 Å². The molecule has 0 bridgehead atoms. The summed E-state index contributed by atoms with van der Waals surface area (Å²) in [6.07, 6.45) is -5.11. The number of alkyl halides is 3. The average Bonchev–Trinajstić information content (AvgIpc) is 2.73. The Kier molecular flexibility index (Phi) is 7.52. The molecule has 0 aliphatic carbocycles. The van der Waals surface area contributed by atoms with Gasteiger partial charge in [0.15, 0.2) is 9.84 Å². The lowest BCUT2D eigenvalue weighted by molar-refractivity contribution is -0.274. The molecule has 0 saturated heterocycles. The molecule has 0 unspecified atom stereocenters. The molecule has 1 amide bonds. The van der Waals surface area contributed by atoms with E-state index in [4.69, 9.17) is 11.6 Å². The predicted octanol–water partition coefficient (Wildman–Crippen LogP) is 6.02. The highest BCUT2D eigenvalue weighted by atomic mass is 35.5. The zero-order chi connectivity index (χ0) is 25.1. The maximum absolute atomic E-state index is 14.8. The molecule has 0 fully saturated rings. The monoisotopic (exact) mass is 515 g/mol. The van der Waals surface area contributed by atoms with Crippen molar-refractivity contribution in [2.24, 2.45) is 0 Å². The van der Waals surface area contributed by atoms with Crippen molar-refractivity contribution in [3.05, 3.63) is 77.1 Å². The van der Waals surface area contributed by atoms with Gasteiger partial charge in [0, 0.05) is 16.8 Å². The van der Waals surface area contributed by atoms with Crippen LogP contribution in [0.2, 0.25) is 5.02 Å². The summed E-state index contributed by atoms with van der Waals surface area (Å²) in [6, 6.07) is 12.9. The van der Waals surface area contributed by atoms with Gasteiger partial charge in [-0.3, -0.25) is 4.79 Å². The average molecular weight is 516 g/mol. The Hall–Kier alpha value is -3.11. The van der Waals surface area contributed by atoms with Gasteiger partial charge >= 0.3 is 6.36 Å². The topological polar surface area (TPSA) is 72.5 Å². The van der Waals surface area contributed by atoms with Crippen LogP contribution in [-0.2, 0) is 21.1 Å². The molecule has 0 aromatic heterocycles. The summed E-state index contributed by atoms with van der Waals surface area (Å²) in [5.74, 6) is -2.17. The van der Waals surface area contributed by atoms with Crippen LogP contribution < -0.4 is 10.1 Å². The first-order valence-corrected chi connectivity index (χ1v) is 11.9. The molecule has 1 N–H and O–H groups in total. The van der Waals surface area contributed by atoms with E-state index in [-0.39, 0.29) is 38.9 Å². The number of hydrogen-bond acceptors (Lipinski definition) is 4. The second-order valence-corrected chi connectivity index (χ2v) is 9.82. The first kappa shape index (κ1) is 25.5. The number of nitrogens with one attached hydrogen (secondary N) is 1. The number of rotatable bonds is 7. The number of para-hydroxylation sites is 1. The summed E-state index contributed by atoms with van der Waals surface area (Å²) in [7, 11) is -3.37. The van der Waals surface area contributed by atoms with Gasteiger partial charge in [0.2, 0.25) is 5.91 Å². The SMILES string of the molecule is CCS(=O)(=O)c1ccc(CC(=O)Nc2cc(F)c(-c3ccccc3OC(F)(F)F)c(Cl)c2)cc1. The van der Waals surface area contributed by atoms with Crippen molar-refractivity contribution in [2.45, 2.75) is 24.6 Å². The highest BCUT2D eigenvalue weighted by molar-refractivity contribution is 7.91. The van der Waals surface area contributed by atoms with E-state index < -0.39 is 33.7 Å². The van der Waals surface area contributed by atoms with Crippen molar-refractivity contribution in [3.8, 4) is 16.9 Å². The van der Waals surface area contributed by atoms with Crippen LogP contribution in [0.15, 0.2) is 65.6 Å². The van der Waals surface area contributed by atoms with Crippen molar-refractivity contribution in [1.29, 1.82) is 0 Å². The maximum atomic E-state index is 14.8. The standard InChI is InChI=1S/C23H18ClF4NO4S/c1-2-34(31,32)16-9-7-14(8-10-16)11-21(30)29-15-12-18(24)22(19(25)13-15)17-5-3-4-6-20(17)33-23(26,27)28/h3-10,12-13H,2,11H2,1H3,(H,29,30). The quantitative estimate of drug-likeness (QED) is 0.391. The van der Waals surface area contributed by atoms with E-state index in [1.807, 2.05) is 0 Å². The van der Waals surface area contributed by atoms with E-state index in [9.17, 15) is 30.8 Å². The third kappa shape index (κ3) is 6.27. The molecular formula is C23H18ClF4NO4S. The van der Waals surface area contributed by atoms with Gasteiger partial charge in [-0.15, -0.1) is 13.2 Å². The molecule has 3 rings (SSSR count). The fourth-order valence-electron chi connectivity index (χ4n) is 3.16.